The molecule has 0 radical (unpaired) electrons. The van der Waals surface area contributed by atoms with Crippen molar-refractivity contribution in [2.45, 2.75) is 55.0 Å². The molecule has 2 saturated carbocycles. The first kappa shape index (κ1) is 16.9. The Kier molecular flexibility index (Phi) is 4.35. The molecule has 130 valence electrons. The van der Waals surface area contributed by atoms with Crippen molar-refractivity contribution in [2.75, 3.05) is 0 Å². The minimum Gasteiger partial charge on any atom is -0.480 e. The van der Waals surface area contributed by atoms with E-state index in [2.05, 4.69) is 10.0 Å². The van der Waals surface area contributed by atoms with Gasteiger partial charge in [-0.15, -0.1) is 0 Å². The minimum atomic E-state index is -3.66. The second-order valence-electron chi connectivity index (χ2n) is 6.47. The predicted octanol–water partition coefficient (Wildman–Crippen LogP) is 1.25. The summed E-state index contributed by atoms with van der Waals surface area (Å²) < 4.78 is 27.0. The molecule has 0 heterocycles. The highest BCUT2D eigenvalue weighted by molar-refractivity contribution is 7.89. The number of hydrogen-bond acceptors (Lipinski definition) is 4. The summed E-state index contributed by atoms with van der Waals surface area (Å²) in [6.07, 6.45) is 3.89. The van der Waals surface area contributed by atoms with Crippen LogP contribution in [0.4, 0.5) is 0 Å². The van der Waals surface area contributed by atoms with Gasteiger partial charge in [0.25, 0.3) is 5.91 Å². The van der Waals surface area contributed by atoms with Crippen molar-refractivity contribution in [2.24, 2.45) is 0 Å². The molecule has 2 fully saturated rings. The average Bonchev–Trinajstić information content (AvgIpc) is 3.21. The molecule has 1 aromatic rings. The Hall–Kier alpha value is -1.93. The zero-order valence-electron chi connectivity index (χ0n) is 13.1. The molecule has 0 bridgehead atoms. The Morgan fingerprint density at radius 2 is 1.83 bits per heavy atom. The first-order chi connectivity index (χ1) is 11.3. The summed E-state index contributed by atoms with van der Waals surface area (Å²) in [6, 6.07) is 5.64. The zero-order valence-corrected chi connectivity index (χ0v) is 13.9. The highest BCUT2D eigenvalue weighted by atomic mass is 32.2. The van der Waals surface area contributed by atoms with E-state index in [0.717, 1.165) is 25.7 Å². The predicted molar refractivity (Wildman–Crippen MR) is 86.1 cm³/mol. The van der Waals surface area contributed by atoms with E-state index in [9.17, 15) is 23.1 Å². The van der Waals surface area contributed by atoms with Gasteiger partial charge in [0.1, 0.15) is 5.54 Å². The number of hydrogen-bond donors (Lipinski definition) is 3. The number of carboxylic acids is 1. The Morgan fingerprint density at radius 1 is 1.17 bits per heavy atom. The van der Waals surface area contributed by atoms with Gasteiger partial charge in [-0.25, -0.2) is 17.9 Å². The molecule has 0 aromatic heterocycles. The minimum absolute atomic E-state index is 0.0119. The molecular weight excluding hydrogens is 332 g/mol. The van der Waals surface area contributed by atoms with E-state index >= 15 is 0 Å². The molecule has 3 N–H and O–H groups in total. The fraction of sp³-hybridized carbons (Fsp3) is 0.500. The average molecular weight is 352 g/mol. The van der Waals surface area contributed by atoms with E-state index < -0.39 is 27.4 Å². The molecule has 8 heteroatoms. The van der Waals surface area contributed by atoms with Crippen molar-refractivity contribution in [3.8, 4) is 0 Å². The number of carbonyl (C=O) groups is 2. The number of rotatable bonds is 6. The van der Waals surface area contributed by atoms with E-state index in [-0.39, 0.29) is 16.5 Å². The number of amides is 1. The van der Waals surface area contributed by atoms with Crippen molar-refractivity contribution in [1.82, 2.24) is 10.0 Å². The van der Waals surface area contributed by atoms with Crippen LogP contribution in [0.25, 0.3) is 0 Å². The molecule has 3 rings (SSSR count). The smallest absolute Gasteiger partial charge is 0.329 e. The third-order valence-electron chi connectivity index (χ3n) is 4.52. The van der Waals surface area contributed by atoms with Gasteiger partial charge < -0.3 is 10.4 Å². The molecule has 24 heavy (non-hydrogen) atoms. The topological polar surface area (TPSA) is 113 Å². The van der Waals surface area contributed by atoms with E-state index in [1.165, 1.54) is 24.3 Å². The Labute approximate surface area is 140 Å². The lowest BCUT2D eigenvalue weighted by Gasteiger charge is -2.25. The first-order valence-corrected chi connectivity index (χ1v) is 9.49. The summed E-state index contributed by atoms with van der Waals surface area (Å²) >= 11 is 0. The van der Waals surface area contributed by atoms with Crippen LogP contribution in [-0.2, 0) is 14.8 Å². The summed E-state index contributed by atoms with van der Waals surface area (Å²) in [5.74, 6) is -1.62. The van der Waals surface area contributed by atoms with E-state index in [4.69, 9.17) is 0 Å². The number of carboxylic acid groups (broad SMARTS) is 1. The molecule has 2 aliphatic rings. The lowest BCUT2D eigenvalue weighted by molar-refractivity contribution is -0.144. The van der Waals surface area contributed by atoms with Crippen molar-refractivity contribution in [3.63, 3.8) is 0 Å². The number of aliphatic carboxylic acids is 1. The van der Waals surface area contributed by atoms with Gasteiger partial charge >= 0.3 is 5.97 Å². The zero-order chi connectivity index (χ0) is 17.4. The molecule has 0 unspecified atom stereocenters. The van der Waals surface area contributed by atoms with Crippen LogP contribution in [0, 0.1) is 0 Å². The standard InChI is InChI=1S/C16H20N2O5S/c19-14(17-16(15(20)21)8-1-2-9-16)11-4-3-5-13(10-11)24(22,23)18-12-6-7-12/h3-5,10,12,18H,1-2,6-9H2,(H,17,19)(H,20,21). The van der Waals surface area contributed by atoms with Crippen LogP contribution in [0.5, 0.6) is 0 Å². The maximum Gasteiger partial charge on any atom is 0.329 e. The summed E-state index contributed by atoms with van der Waals surface area (Å²) in [7, 11) is -3.66. The van der Waals surface area contributed by atoms with E-state index in [0.29, 0.717) is 12.8 Å². The van der Waals surface area contributed by atoms with Crippen LogP contribution in [0.1, 0.15) is 48.9 Å². The third-order valence-corrected chi connectivity index (χ3v) is 6.04. The van der Waals surface area contributed by atoms with Crippen LogP contribution in [-0.4, -0.2) is 37.0 Å². The Bertz CT molecular complexity index is 764. The molecule has 0 aliphatic heterocycles. The van der Waals surface area contributed by atoms with Gasteiger partial charge in [-0.1, -0.05) is 18.9 Å². The maximum absolute atomic E-state index is 12.4. The van der Waals surface area contributed by atoms with Crippen LogP contribution < -0.4 is 10.0 Å². The lowest BCUT2D eigenvalue weighted by atomic mass is 9.97. The van der Waals surface area contributed by atoms with Crippen molar-refractivity contribution in [3.05, 3.63) is 29.8 Å². The molecule has 7 nitrogen and oxygen atoms in total. The number of sulfonamides is 1. The summed E-state index contributed by atoms with van der Waals surface area (Å²) in [6.45, 7) is 0. The van der Waals surface area contributed by atoms with Gasteiger partial charge in [-0.05, 0) is 43.9 Å². The van der Waals surface area contributed by atoms with Gasteiger partial charge in [0.15, 0.2) is 0 Å². The van der Waals surface area contributed by atoms with Gasteiger partial charge in [0, 0.05) is 11.6 Å². The SMILES string of the molecule is O=C(NC1(C(=O)O)CCCC1)c1cccc(S(=O)(=O)NC2CC2)c1. The third kappa shape index (κ3) is 3.44. The fourth-order valence-corrected chi connectivity index (χ4v) is 4.30. The second kappa shape index (κ2) is 6.18. The molecule has 0 atom stereocenters. The summed E-state index contributed by atoms with van der Waals surface area (Å²) in [5, 5.41) is 12.0. The van der Waals surface area contributed by atoms with Gasteiger partial charge in [-0.2, -0.15) is 0 Å². The lowest BCUT2D eigenvalue weighted by Crippen LogP contribution is -2.52. The van der Waals surface area contributed by atoms with E-state index in [1.54, 1.807) is 0 Å². The van der Waals surface area contributed by atoms with Crippen LogP contribution in [0.3, 0.4) is 0 Å². The highest BCUT2D eigenvalue weighted by Gasteiger charge is 2.42. The molecule has 1 aromatic carbocycles. The van der Waals surface area contributed by atoms with Gasteiger partial charge in [0.2, 0.25) is 10.0 Å². The van der Waals surface area contributed by atoms with Gasteiger partial charge in [0.05, 0.1) is 4.90 Å². The van der Waals surface area contributed by atoms with Crippen LogP contribution >= 0.6 is 0 Å². The van der Waals surface area contributed by atoms with Crippen LogP contribution in [0.15, 0.2) is 29.2 Å². The maximum atomic E-state index is 12.4. The second-order valence-corrected chi connectivity index (χ2v) is 8.19. The summed E-state index contributed by atoms with van der Waals surface area (Å²) in [5.41, 5.74) is -1.11. The summed E-state index contributed by atoms with van der Waals surface area (Å²) in [4.78, 5) is 24.0. The molecule has 0 spiro atoms. The quantitative estimate of drug-likeness (QED) is 0.713. The van der Waals surface area contributed by atoms with Crippen molar-refractivity contribution < 1.29 is 23.1 Å². The number of nitrogens with one attached hydrogen (secondary N) is 2. The van der Waals surface area contributed by atoms with Crippen molar-refractivity contribution >= 4 is 21.9 Å². The number of carbonyl (C=O) groups excluding carboxylic acids is 1. The van der Waals surface area contributed by atoms with E-state index in [1.807, 2.05) is 0 Å². The fourth-order valence-electron chi connectivity index (χ4n) is 2.95. The van der Waals surface area contributed by atoms with Crippen LogP contribution in [0.2, 0.25) is 0 Å². The highest BCUT2D eigenvalue weighted by Crippen LogP contribution is 2.30. The first-order valence-electron chi connectivity index (χ1n) is 8.01. The molecule has 0 saturated heterocycles. The monoisotopic (exact) mass is 352 g/mol. The van der Waals surface area contributed by atoms with Crippen molar-refractivity contribution in [1.29, 1.82) is 0 Å². The Balaban J connectivity index is 1.80. The van der Waals surface area contributed by atoms with Gasteiger partial charge in [-0.3, -0.25) is 4.79 Å². The molecule has 2 aliphatic carbocycles. The number of benzene rings is 1. The Morgan fingerprint density at radius 3 is 2.42 bits per heavy atom. The molecule has 1 amide bonds. The largest absolute Gasteiger partial charge is 0.480 e. The molecular formula is C16H20N2O5S. The normalized spacial score (nSPS) is 19.8.